The molecule has 3 N–H and O–H groups in total. The van der Waals surface area contributed by atoms with Crippen molar-refractivity contribution in [1.29, 1.82) is 0 Å². The fraction of sp³-hybridized carbons (Fsp3) is 0.857. The predicted molar refractivity (Wildman–Crippen MR) is 41.8 cm³/mol. The maximum absolute atomic E-state index is 12.8. The second-order valence-corrected chi connectivity index (χ2v) is 3.08. The first-order valence-corrected chi connectivity index (χ1v) is 3.58. The van der Waals surface area contributed by atoms with E-state index in [0.717, 1.165) is 0 Å². The summed E-state index contributed by atoms with van der Waals surface area (Å²) < 4.78 is 12.8. The van der Waals surface area contributed by atoms with E-state index < -0.39 is 11.6 Å². The summed E-state index contributed by atoms with van der Waals surface area (Å²) in [5.74, 6) is -0.615. The minimum atomic E-state index is -1.82. The van der Waals surface area contributed by atoms with E-state index in [-0.39, 0.29) is 6.04 Å². The van der Waals surface area contributed by atoms with Gasteiger partial charge < -0.3 is 11.1 Å². The second-order valence-electron chi connectivity index (χ2n) is 3.08. The van der Waals surface area contributed by atoms with E-state index >= 15 is 0 Å². The van der Waals surface area contributed by atoms with Gasteiger partial charge in [0.25, 0.3) is 5.91 Å². The van der Waals surface area contributed by atoms with Crippen LogP contribution in [-0.2, 0) is 4.79 Å². The van der Waals surface area contributed by atoms with Crippen molar-refractivity contribution in [2.75, 3.05) is 6.54 Å². The van der Waals surface area contributed by atoms with Gasteiger partial charge in [-0.2, -0.15) is 0 Å². The molecule has 0 aromatic heterocycles. The molecular weight excluding hydrogens is 147 g/mol. The molecule has 0 aliphatic carbocycles. The van der Waals surface area contributed by atoms with E-state index in [2.05, 4.69) is 5.32 Å². The molecule has 0 aliphatic rings. The summed E-state index contributed by atoms with van der Waals surface area (Å²) >= 11 is 0. The summed E-state index contributed by atoms with van der Waals surface area (Å²) in [4.78, 5) is 10.9. The number of alkyl halides is 1. The molecule has 0 aliphatic heterocycles. The molecule has 0 aromatic carbocycles. The van der Waals surface area contributed by atoms with Gasteiger partial charge >= 0.3 is 0 Å². The van der Waals surface area contributed by atoms with Crippen molar-refractivity contribution in [2.45, 2.75) is 32.5 Å². The Morgan fingerprint density at radius 3 is 2.45 bits per heavy atom. The number of nitrogens with two attached hydrogens (primary N) is 1. The quantitative estimate of drug-likeness (QED) is 0.622. The lowest BCUT2D eigenvalue weighted by Gasteiger charge is -2.17. The Labute approximate surface area is 66.1 Å². The molecule has 0 saturated carbocycles. The van der Waals surface area contributed by atoms with Crippen LogP contribution in [-0.4, -0.2) is 24.2 Å². The normalized spacial score (nSPS) is 14.3. The Hall–Kier alpha value is -0.640. The van der Waals surface area contributed by atoms with E-state index in [1.807, 2.05) is 0 Å². The van der Waals surface area contributed by atoms with Crippen LogP contribution in [0, 0.1) is 0 Å². The van der Waals surface area contributed by atoms with Gasteiger partial charge in [0.1, 0.15) is 0 Å². The number of nitrogens with one attached hydrogen (secondary N) is 1. The summed E-state index contributed by atoms with van der Waals surface area (Å²) in [5, 5.41) is 2.43. The van der Waals surface area contributed by atoms with Gasteiger partial charge in [-0.25, -0.2) is 4.39 Å². The summed E-state index contributed by atoms with van der Waals surface area (Å²) in [7, 11) is 0. The number of amides is 1. The minimum absolute atomic E-state index is 0.169. The molecule has 0 heterocycles. The number of rotatable bonds is 3. The minimum Gasteiger partial charge on any atom is -0.350 e. The van der Waals surface area contributed by atoms with E-state index in [1.54, 1.807) is 6.92 Å². The number of carbonyl (C=O) groups excluding carboxylic acids is 1. The molecule has 0 rings (SSSR count). The Balaban J connectivity index is 3.88. The van der Waals surface area contributed by atoms with Gasteiger partial charge in [0.15, 0.2) is 5.67 Å². The van der Waals surface area contributed by atoms with Crippen LogP contribution >= 0.6 is 0 Å². The molecule has 3 nitrogen and oxygen atoms in total. The summed E-state index contributed by atoms with van der Waals surface area (Å²) in [6, 6.07) is -0.169. The van der Waals surface area contributed by atoms with Crippen LogP contribution in [0.3, 0.4) is 0 Å². The van der Waals surface area contributed by atoms with Crippen LogP contribution in [0.5, 0.6) is 0 Å². The number of hydrogen-bond donors (Lipinski definition) is 2. The first-order valence-electron chi connectivity index (χ1n) is 3.58. The van der Waals surface area contributed by atoms with Crippen molar-refractivity contribution in [3.05, 3.63) is 0 Å². The van der Waals surface area contributed by atoms with Gasteiger partial charge in [0.2, 0.25) is 0 Å². The van der Waals surface area contributed by atoms with Crippen molar-refractivity contribution >= 4 is 5.91 Å². The third kappa shape index (κ3) is 3.93. The summed E-state index contributed by atoms with van der Waals surface area (Å²) in [6.45, 7) is 4.47. The average molecular weight is 162 g/mol. The zero-order valence-electron chi connectivity index (χ0n) is 7.15. The Bertz CT molecular complexity index is 142. The predicted octanol–water partition coefficient (Wildman–Crippen LogP) is 0.198. The Morgan fingerprint density at radius 1 is 1.73 bits per heavy atom. The Morgan fingerprint density at radius 2 is 2.18 bits per heavy atom. The maximum Gasteiger partial charge on any atom is 0.257 e. The smallest absolute Gasteiger partial charge is 0.257 e. The van der Waals surface area contributed by atoms with Gasteiger partial charge in [-0.3, -0.25) is 4.79 Å². The van der Waals surface area contributed by atoms with Gasteiger partial charge in [0, 0.05) is 12.6 Å². The van der Waals surface area contributed by atoms with E-state index in [4.69, 9.17) is 5.73 Å². The van der Waals surface area contributed by atoms with Crippen molar-refractivity contribution < 1.29 is 9.18 Å². The molecule has 11 heavy (non-hydrogen) atoms. The highest BCUT2D eigenvalue weighted by atomic mass is 19.1. The lowest BCUT2D eigenvalue weighted by Crippen LogP contribution is -2.45. The molecular formula is C7H15FN2O. The van der Waals surface area contributed by atoms with Crippen molar-refractivity contribution in [2.24, 2.45) is 5.73 Å². The molecule has 1 amide bonds. The monoisotopic (exact) mass is 162 g/mol. The summed E-state index contributed by atoms with van der Waals surface area (Å²) in [6.07, 6.45) is 0. The van der Waals surface area contributed by atoms with Crippen LogP contribution in [0.2, 0.25) is 0 Å². The number of carbonyl (C=O) groups is 1. The molecule has 0 radical (unpaired) electrons. The highest BCUT2D eigenvalue weighted by Gasteiger charge is 2.26. The molecule has 1 atom stereocenters. The third-order valence-corrected chi connectivity index (χ3v) is 1.27. The lowest BCUT2D eigenvalue weighted by atomic mass is 10.1. The molecule has 0 spiro atoms. The molecule has 66 valence electrons. The van der Waals surface area contributed by atoms with Gasteiger partial charge in [-0.05, 0) is 20.8 Å². The van der Waals surface area contributed by atoms with Gasteiger partial charge in [-0.1, -0.05) is 0 Å². The van der Waals surface area contributed by atoms with Gasteiger partial charge in [-0.15, -0.1) is 0 Å². The van der Waals surface area contributed by atoms with Crippen LogP contribution in [0.4, 0.5) is 4.39 Å². The largest absolute Gasteiger partial charge is 0.350 e. The topological polar surface area (TPSA) is 55.1 Å². The average Bonchev–Trinajstić information content (AvgIpc) is 1.85. The highest BCUT2D eigenvalue weighted by Crippen LogP contribution is 2.07. The van der Waals surface area contributed by atoms with Crippen molar-refractivity contribution in [1.82, 2.24) is 5.32 Å². The number of hydrogen-bond acceptors (Lipinski definition) is 2. The maximum atomic E-state index is 12.8. The zero-order valence-corrected chi connectivity index (χ0v) is 7.15. The first kappa shape index (κ1) is 10.4. The highest BCUT2D eigenvalue weighted by molar-refractivity contribution is 5.84. The molecule has 0 aromatic rings. The lowest BCUT2D eigenvalue weighted by molar-refractivity contribution is -0.131. The van der Waals surface area contributed by atoms with E-state index in [1.165, 1.54) is 13.8 Å². The van der Waals surface area contributed by atoms with Gasteiger partial charge in [0.05, 0.1) is 0 Å². The zero-order chi connectivity index (χ0) is 9.07. The fourth-order valence-corrected chi connectivity index (χ4v) is 0.454. The van der Waals surface area contributed by atoms with Crippen LogP contribution in [0.1, 0.15) is 20.8 Å². The third-order valence-electron chi connectivity index (χ3n) is 1.27. The van der Waals surface area contributed by atoms with Crippen molar-refractivity contribution in [3.8, 4) is 0 Å². The standard InChI is InChI=1S/C7H15FN2O/c1-5(4-9)10-6(11)7(2,3)8/h5H,4,9H2,1-3H3,(H,10,11)/t5-/m1/s1. The molecule has 0 bridgehead atoms. The molecule has 4 heteroatoms. The summed E-state index contributed by atoms with van der Waals surface area (Å²) in [5.41, 5.74) is 3.41. The fourth-order valence-electron chi connectivity index (χ4n) is 0.454. The van der Waals surface area contributed by atoms with Crippen LogP contribution < -0.4 is 11.1 Å². The Kier molecular flexibility index (Phi) is 3.45. The molecule has 0 saturated heterocycles. The molecule has 0 fully saturated rings. The number of halogens is 1. The first-order chi connectivity index (χ1) is 4.88. The van der Waals surface area contributed by atoms with Crippen LogP contribution in [0.25, 0.3) is 0 Å². The second kappa shape index (κ2) is 3.67. The van der Waals surface area contributed by atoms with E-state index in [9.17, 15) is 9.18 Å². The van der Waals surface area contributed by atoms with E-state index in [0.29, 0.717) is 6.54 Å². The van der Waals surface area contributed by atoms with Crippen molar-refractivity contribution in [3.63, 3.8) is 0 Å². The molecule has 0 unspecified atom stereocenters. The van der Waals surface area contributed by atoms with Crippen LogP contribution in [0.15, 0.2) is 0 Å². The SMILES string of the molecule is C[C@H](CN)NC(=O)C(C)(C)F.